The number of aromatic nitrogens is 6. The molecule has 3 aromatic heterocycles. The molecule has 0 fully saturated rings. The number of hydrogen-bond donors (Lipinski definition) is 0. The molecule has 0 unspecified atom stereocenters. The van der Waals surface area contributed by atoms with Crippen molar-refractivity contribution in [3.63, 3.8) is 0 Å². The topological polar surface area (TPSA) is 79.1 Å². The van der Waals surface area contributed by atoms with E-state index in [4.69, 9.17) is 0 Å². The Bertz CT molecular complexity index is 1590. The summed E-state index contributed by atoms with van der Waals surface area (Å²) in [6.45, 7) is 0.00860. The molecule has 5 rings (SSSR count). The maximum atomic E-state index is 14.4. The fourth-order valence-electron chi connectivity index (χ4n) is 3.79. The van der Waals surface area contributed by atoms with Gasteiger partial charge in [0.1, 0.15) is 11.6 Å². The second kappa shape index (κ2) is 6.73. The Balaban J connectivity index is 1.92. The van der Waals surface area contributed by atoms with E-state index >= 15 is 0 Å². The molecule has 156 valence electrons. The van der Waals surface area contributed by atoms with Gasteiger partial charge in [-0.2, -0.15) is 0 Å². The summed E-state index contributed by atoms with van der Waals surface area (Å²) in [5.41, 5.74) is 0.284. The first kappa shape index (κ1) is 18.9. The predicted molar refractivity (Wildman–Crippen MR) is 110 cm³/mol. The van der Waals surface area contributed by atoms with Gasteiger partial charge in [0, 0.05) is 25.2 Å². The van der Waals surface area contributed by atoms with Gasteiger partial charge < -0.3 is 0 Å². The van der Waals surface area contributed by atoms with Crippen molar-refractivity contribution in [2.45, 2.75) is 6.54 Å². The zero-order chi connectivity index (χ0) is 21.9. The lowest BCUT2D eigenvalue weighted by Gasteiger charge is -2.08. The first-order chi connectivity index (χ1) is 14.9. The Hall–Kier alpha value is -4.08. The molecule has 5 aromatic rings. The zero-order valence-electron chi connectivity index (χ0n) is 16.6. The molecule has 0 saturated carbocycles. The smallest absolute Gasteiger partial charge is 0.298 e. The molecule has 0 spiro atoms. The monoisotopic (exact) mass is 422 g/mol. The molecule has 0 N–H and O–H groups in total. The van der Waals surface area contributed by atoms with E-state index in [1.165, 1.54) is 53.6 Å². The molecular formula is C21H16F2N6O2. The second-order valence-corrected chi connectivity index (χ2v) is 7.22. The minimum atomic E-state index is -0.537. The van der Waals surface area contributed by atoms with Crippen LogP contribution in [-0.4, -0.2) is 28.3 Å². The van der Waals surface area contributed by atoms with Gasteiger partial charge in [-0.15, -0.1) is 10.2 Å². The highest BCUT2D eigenvalue weighted by atomic mass is 19.1. The van der Waals surface area contributed by atoms with Gasteiger partial charge in [0.2, 0.25) is 5.78 Å². The molecule has 0 atom stereocenters. The molecule has 0 aliphatic rings. The highest BCUT2D eigenvalue weighted by Gasteiger charge is 2.24. The standard InChI is InChI=1S/C21H16F2N6O2/c1-26-18-16(19(30)27(2)21(26)31)28(11-13-5-3-4-6-15(13)23)20-25-24-17(29(18)20)12-7-9-14(22)10-8-12/h3-10H,11H2,1-2H3. The first-order valence-electron chi connectivity index (χ1n) is 9.41. The summed E-state index contributed by atoms with van der Waals surface area (Å²) in [5.74, 6) is -0.249. The Morgan fingerprint density at radius 3 is 2.32 bits per heavy atom. The number of rotatable bonds is 3. The van der Waals surface area contributed by atoms with Crippen molar-refractivity contribution in [3.8, 4) is 11.4 Å². The van der Waals surface area contributed by atoms with Crippen LogP contribution < -0.4 is 11.2 Å². The lowest BCUT2D eigenvalue weighted by molar-refractivity contribution is 0.602. The summed E-state index contributed by atoms with van der Waals surface area (Å²) < 4.78 is 33.2. The minimum Gasteiger partial charge on any atom is -0.298 e. The third-order valence-electron chi connectivity index (χ3n) is 5.37. The highest BCUT2D eigenvalue weighted by Crippen LogP contribution is 2.25. The van der Waals surface area contributed by atoms with E-state index in [-0.39, 0.29) is 23.5 Å². The van der Waals surface area contributed by atoms with Gasteiger partial charge in [-0.25, -0.2) is 18.0 Å². The molecule has 0 aliphatic heterocycles. The molecule has 3 heterocycles. The average Bonchev–Trinajstić information content (AvgIpc) is 3.32. The average molecular weight is 422 g/mol. The van der Waals surface area contributed by atoms with Crippen LogP contribution in [0.4, 0.5) is 8.78 Å². The third kappa shape index (κ3) is 2.71. The van der Waals surface area contributed by atoms with E-state index in [9.17, 15) is 18.4 Å². The number of halogens is 2. The molecular weight excluding hydrogens is 406 g/mol. The van der Waals surface area contributed by atoms with Crippen LogP contribution in [0.3, 0.4) is 0 Å². The predicted octanol–water partition coefficient (Wildman–Crippen LogP) is 2.07. The van der Waals surface area contributed by atoms with Crippen molar-refractivity contribution in [1.82, 2.24) is 28.3 Å². The quantitative estimate of drug-likeness (QED) is 0.446. The van der Waals surface area contributed by atoms with Crippen molar-refractivity contribution >= 4 is 16.9 Å². The van der Waals surface area contributed by atoms with Crippen LogP contribution >= 0.6 is 0 Å². The van der Waals surface area contributed by atoms with Gasteiger partial charge in [0.15, 0.2) is 17.0 Å². The summed E-state index contributed by atoms with van der Waals surface area (Å²) in [7, 11) is 2.91. The Kier molecular flexibility index (Phi) is 4.10. The molecule has 8 nitrogen and oxygen atoms in total. The van der Waals surface area contributed by atoms with E-state index in [1.54, 1.807) is 22.6 Å². The molecule has 0 amide bonds. The van der Waals surface area contributed by atoms with E-state index in [0.29, 0.717) is 17.0 Å². The third-order valence-corrected chi connectivity index (χ3v) is 5.37. The van der Waals surface area contributed by atoms with E-state index in [2.05, 4.69) is 10.2 Å². The summed E-state index contributed by atoms with van der Waals surface area (Å²) in [4.78, 5) is 25.7. The fourth-order valence-corrected chi connectivity index (χ4v) is 3.79. The minimum absolute atomic E-state index is 0.00860. The zero-order valence-corrected chi connectivity index (χ0v) is 16.6. The SMILES string of the molecule is Cn1c(=O)c2c(n(C)c1=O)n1c(-c3ccc(F)cc3)nnc1n2Cc1ccccc1F. The van der Waals surface area contributed by atoms with Crippen LogP contribution in [0.2, 0.25) is 0 Å². The summed E-state index contributed by atoms with van der Waals surface area (Å²) in [6, 6.07) is 11.9. The summed E-state index contributed by atoms with van der Waals surface area (Å²) >= 11 is 0. The largest absolute Gasteiger partial charge is 0.332 e. The van der Waals surface area contributed by atoms with Gasteiger partial charge in [-0.1, -0.05) is 18.2 Å². The Labute approximate surface area is 173 Å². The fraction of sp³-hybridized carbons (Fsp3) is 0.143. The number of nitrogens with zero attached hydrogens (tertiary/aromatic N) is 6. The normalized spacial score (nSPS) is 11.6. The van der Waals surface area contributed by atoms with Crippen molar-refractivity contribution in [3.05, 3.63) is 86.6 Å². The van der Waals surface area contributed by atoms with Crippen LogP contribution in [0.25, 0.3) is 28.3 Å². The number of fused-ring (bicyclic) bond motifs is 3. The first-order valence-corrected chi connectivity index (χ1v) is 9.41. The maximum absolute atomic E-state index is 14.4. The van der Waals surface area contributed by atoms with Crippen LogP contribution in [0, 0.1) is 11.6 Å². The van der Waals surface area contributed by atoms with Crippen LogP contribution in [0.1, 0.15) is 5.56 Å². The van der Waals surface area contributed by atoms with E-state index < -0.39 is 22.9 Å². The van der Waals surface area contributed by atoms with Gasteiger partial charge in [0.25, 0.3) is 5.56 Å². The van der Waals surface area contributed by atoms with Crippen LogP contribution in [0.15, 0.2) is 58.1 Å². The summed E-state index contributed by atoms with van der Waals surface area (Å²) in [5, 5.41) is 8.42. The van der Waals surface area contributed by atoms with Crippen molar-refractivity contribution in [1.29, 1.82) is 0 Å². The molecule has 0 aliphatic carbocycles. The lowest BCUT2D eigenvalue weighted by atomic mass is 10.2. The number of hydrogen-bond acceptors (Lipinski definition) is 4. The molecule has 0 saturated heterocycles. The van der Waals surface area contributed by atoms with Crippen LogP contribution in [-0.2, 0) is 20.6 Å². The molecule has 10 heteroatoms. The van der Waals surface area contributed by atoms with Gasteiger partial charge in [-0.3, -0.25) is 18.5 Å². The number of benzene rings is 2. The highest BCUT2D eigenvalue weighted by molar-refractivity contribution is 5.80. The van der Waals surface area contributed by atoms with Gasteiger partial charge >= 0.3 is 5.69 Å². The number of aryl methyl sites for hydroxylation is 1. The second-order valence-electron chi connectivity index (χ2n) is 7.22. The molecule has 0 radical (unpaired) electrons. The van der Waals surface area contributed by atoms with Gasteiger partial charge in [0.05, 0.1) is 6.54 Å². The Morgan fingerprint density at radius 1 is 0.903 bits per heavy atom. The maximum Gasteiger partial charge on any atom is 0.332 e. The lowest BCUT2D eigenvalue weighted by Crippen LogP contribution is -2.37. The van der Waals surface area contributed by atoms with Crippen molar-refractivity contribution in [2.75, 3.05) is 0 Å². The number of imidazole rings is 1. The van der Waals surface area contributed by atoms with Crippen molar-refractivity contribution in [2.24, 2.45) is 14.1 Å². The van der Waals surface area contributed by atoms with Crippen molar-refractivity contribution < 1.29 is 8.78 Å². The molecule has 2 aromatic carbocycles. The molecule has 31 heavy (non-hydrogen) atoms. The van der Waals surface area contributed by atoms with Gasteiger partial charge in [-0.05, 0) is 30.3 Å². The van der Waals surface area contributed by atoms with E-state index in [0.717, 1.165) is 4.57 Å². The summed E-state index contributed by atoms with van der Waals surface area (Å²) in [6.07, 6.45) is 0. The Morgan fingerprint density at radius 2 is 1.61 bits per heavy atom. The van der Waals surface area contributed by atoms with E-state index in [1.807, 2.05) is 0 Å². The van der Waals surface area contributed by atoms with Crippen LogP contribution in [0.5, 0.6) is 0 Å². The molecule has 0 bridgehead atoms.